The second-order valence-electron chi connectivity index (χ2n) is 1.91. The van der Waals surface area contributed by atoms with Crippen LogP contribution in [0.4, 0.5) is 4.79 Å². The van der Waals surface area contributed by atoms with Crippen LogP contribution in [0.1, 0.15) is 6.92 Å². The molecule has 50 valence electrons. The van der Waals surface area contributed by atoms with Gasteiger partial charge in [-0.25, -0.2) is 4.79 Å². The number of nitrogens with one attached hydrogen (secondary N) is 1. The third-order valence-corrected chi connectivity index (χ3v) is 1.16. The monoisotopic (exact) mass is 129 g/mol. The molecule has 1 aliphatic heterocycles. The van der Waals surface area contributed by atoms with E-state index in [2.05, 4.69) is 10.1 Å². The van der Waals surface area contributed by atoms with Crippen LogP contribution < -0.4 is 5.32 Å². The molecule has 1 heterocycles. The molecule has 1 saturated heterocycles. The van der Waals surface area contributed by atoms with Crippen LogP contribution in [0.15, 0.2) is 0 Å². The zero-order valence-electron chi connectivity index (χ0n) is 5.01. The quantitative estimate of drug-likeness (QED) is 0.487. The first-order chi connectivity index (χ1) is 4.20. The minimum absolute atomic E-state index is 0.0883. The van der Waals surface area contributed by atoms with Crippen molar-refractivity contribution in [2.24, 2.45) is 0 Å². The normalized spacial score (nSPS) is 27.0. The third kappa shape index (κ3) is 1.19. The lowest BCUT2D eigenvalue weighted by Gasteiger charge is -2.17. The van der Waals surface area contributed by atoms with E-state index in [0.717, 1.165) is 0 Å². The predicted octanol–water partition coefficient (Wildman–Crippen LogP) is -0.316. The van der Waals surface area contributed by atoms with Gasteiger partial charge < -0.3 is 10.1 Å². The fourth-order valence-corrected chi connectivity index (χ4v) is 0.561. The van der Waals surface area contributed by atoms with Crippen molar-refractivity contribution in [2.75, 3.05) is 6.61 Å². The van der Waals surface area contributed by atoms with E-state index >= 15 is 0 Å². The Morgan fingerprint density at radius 1 is 1.67 bits per heavy atom. The van der Waals surface area contributed by atoms with Crippen molar-refractivity contribution in [1.82, 2.24) is 5.32 Å². The molecule has 1 amide bonds. The highest BCUT2D eigenvalue weighted by Crippen LogP contribution is 1.94. The number of ether oxygens (including phenoxy) is 1. The first kappa shape index (κ1) is 6.07. The van der Waals surface area contributed by atoms with E-state index in [9.17, 15) is 9.59 Å². The average Bonchev–Trinajstić information content (AvgIpc) is 1.80. The number of carbonyl (C=O) groups excluding carboxylic acids is 2. The molecule has 0 aromatic heterocycles. The Morgan fingerprint density at radius 2 is 2.33 bits per heavy atom. The van der Waals surface area contributed by atoms with Gasteiger partial charge in [-0.3, -0.25) is 4.79 Å². The molecule has 1 atom stereocenters. The number of hydrogen-bond donors (Lipinski definition) is 1. The summed E-state index contributed by atoms with van der Waals surface area (Å²) in [6.07, 6.45) is -0.512. The molecule has 1 N–H and O–H groups in total. The molecule has 0 bridgehead atoms. The van der Waals surface area contributed by atoms with Gasteiger partial charge in [-0.05, 0) is 6.92 Å². The number of alkyl carbamates (subject to hydrolysis) is 1. The van der Waals surface area contributed by atoms with Crippen LogP contribution in [0.5, 0.6) is 0 Å². The summed E-state index contributed by atoms with van der Waals surface area (Å²) in [5.74, 6) is -0.0883. The Labute approximate surface area is 52.2 Å². The molecule has 4 heteroatoms. The topological polar surface area (TPSA) is 55.4 Å². The summed E-state index contributed by atoms with van der Waals surface area (Å²) in [4.78, 5) is 20.9. The van der Waals surface area contributed by atoms with Gasteiger partial charge in [-0.15, -0.1) is 0 Å². The minimum Gasteiger partial charge on any atom is -0.441 e. The van der Waals surface area contributed by atoms with Crippen molar-refractivity contribution in [3.63, 3.8) is 0 Å². The summed E-state index contributed by atoms with van der Waals surface area (Å²) >= 11 is 0. The van der Waals surface area contributed by atoms with E-state index in [1.54, 1.807) is 6.92 Å². The van der Waals surface area contributed by atoms with Gasteiger partial charge in [0.2, 0.25) is 0 Å². The molecule has 0 saturated carbocycles. The number of carbonyl (C=O) groups is 2. The van der Waals surface area contributed by atoms with E-state index in [0.29, 0.717) is 0 Å². The third-order valence-electron chi connectivity index (χ3n) is 1.16. The molecule has 1 fully saturated rings. The van der Waals surface area contributed by atoms with Gasteiger partial charge in [-0.1, -0.05) is 0 Å². The molecule has 9 heavy (non-hydrogen) atoms. The van der Waals surface area contributed by atoms with Gasteiger partial charge in [0.1, 0.15) is 0 Å². The van der Waals surface area contributed by atoms with Crippen LogP contribution >= 0.6 is 0 Å². The molecular formula is C5H7NO3. The van der Waals surface area contributed by atoms with Gasteiger partial charge in [0.25, 0.3) is 0 Å². The standard InChI is InChI=1S/C5H7NO3/c1-3-4(7)2-9-5(8)6-3/h3H,2H2,1H3,(H,6,8). The summed E-state index contributed by atoms with van der Waals surface area (Å²) in [6, 6.07) is -0.383. The zero-order valence-corrected chi connectivity index (χ0v) is 5.01. The Hall–Kier alpha value is -1.06. The van der Waals surface area contributed by atoms with Crippen LogP contribution in [-0.4, -0.2) is 24.5 Å². The Bertz CT molecular complexity index is 154. The smallest absolute Gasteiger partial charge is 0.408 e. The molecular weight excluding hydrogens is 122 g/mol. The molecule has 0 aliphatic carbocycles. The highest BCUT2D eigenvalue weighted by atomic mass is 16.6. The van der Waals surface area contributed by atoms with Gasteiger partial charge >= 0.3 is 6.09 Å². The summed E-state index contributed by atoms with van der Waals surface area (Å²) in [5.41, 5.74) is 0. The van der Waals surface area contributed by atoms with Crippen molar-refractivity contribution >= 4 is 11.9 Å². The Morgan fingerprint density at radius 3 is 2.78 bits per heavy atom. The highest BCUT2D eigenvalue weighted by molar-refractivity contribution is 5.91. The van der Waals surface area contributed by atoms with Crippen molar-refractivity contribution < 1.29 is 14.3 Å². The van der Waals surface area contributed by atoms with Crippen LogP contribution in [0.3, 0.4) is 0 Å². The van der Waals surface area contributed by atoms with E-state index in [1.165, 1.54) is 0 Å². The zero-order chi connectivity index (χ0) is 6.85. The largest absolute Gasteiger partial charge is 0.441 e. The number of Topliss-reactive ketones (excluding diaryl/α,β-unsaturated/α-hetero) is 1. The van der Waals surface area contributed by atoms with E-state index in [4.69, 9.17) is 0 Å². The highest BCUT2D eigenvalue weighted by Gasteiger charge is 2.22. The molecule has 0 aromatic carbocycles. The number of cyclic esters (lactones) is 1. The lowest BCUT2D eigenvalue weighted by molar-refractivity contribution is -0.125. The molecule has 1 aliphatic rings. The van der Waals surface area contributed by atoms with Gasteiger partial charge in [0.05, 0.1) is 6.04 Å². The fourth-order valence-electron chi connectivity index (χ4n) is 0.561. The van der Waals surface area contributed by atoms with E-state index < -0.39 is 6.09 Å². The molecule has 0 spiro atoms. The molecule has 1 unspecified atom stereocenters. The van der Waals surface area contributed by atoms with Crippen LogP contribution in [0.2, 0.25) is 0 Å². The molecule has 4 nitrogen and oxygen atoms in total. The van der Waals surface area contributed by atoms with Crippen molar-refractivity contribution in [2.45, 2.75) is 13.0 Å². The summed E-state index contributed by atoms with van der Waals surface area (Å²) in [5, 5.41) is 2.32. The number of rotatable bonds is 0. The Balaban J connectivity index is 2.54. The maximum atomic E-state index is 10.6. The van der Waals surface area contributed by atoms with Gasteiger partial charge in [-0.2, -0.15) is 0 Å². The first-order valence-corrected chi connectivity index (χ1v) is 2.66. The molecule has 0 radical (unpaired) electrons. The maximum absolute atomic E-state index is 10.6. The van der Waals surface area contributed by atoms with Crippen LogP contribution in [0, 0.1) is 0 Å². The maximum Gasteiger partial charge on any atom is 0.408 e. The lowest BCUT2D eigenvalue weighted by Crippen LogP contribution is -2.46. The number of hydrogen-bond acceptors (Lipinski definition) is 3. The number of amides is 1. The summed E-state index contributed by atoms with van der Waals surface area (Å²) in [6.45, 7) is 1.54. The van der Waals surface area contributed by atoms with Crippen molar-refractivity contribution in [3.8, 4) is 0 Å². The lowest BCUT2D eigenvalue weighted by atomic mass is 10.2. The average molecular weight is 129 g/mol. The van der Waals surface area contributed by atoms with Crippen molar-refractivity contribution in [1.29, 1.82) is 0 Å². The predicted molar refractivity (Wildman–Crippen MR) is 29.0 cm³/mol. The van der Waals surface area contributed by atoms with E-state index in [1.807, 2.05) is 0 Å². The summed E-state index contributed by atoms with van der Waals surface area (Å²) in [7, 11) is 0. The Kier molecular flexibility index (Phi) is 1.38. The summed E-state index contributed by atoms with van der Waals surface area (Å²) < 4.78 is 4.36. The molecule has 1 rings (SSSR count). The second kappa shape index (κ2) is 2.05. The fraction of sp³-hybridized carbons (Fsp3) is 0.600. The van der Waals surface area contributed by atoms with Crippen molar-refractivity contribution in [3.05, 3.63) is 0 Å². The van der Waals surface area contributed by atoms with Crippen LogP contribution in [0.25, 0.3) is 0 Å². The van der Waals surface area contributed by atoms with Gasteiger partial charge in [0.15, 0.2) is 12.4 Å². The van der Waals surface area contributed by atoms with Crippen LogP contribution in [-0.2, 0) is 9.53 Å². The molecule has 0 aromatic rings. The first-order valence-electron chi connectivity index (χ1n) is 2.66. The SMILES string of the molecule is CC1NC(=O)OCC1=O. The second-order valence-corrected chi connectivity index (χ2v) is 1.91. The van der Waals surface area contributed by atoms with E-state index in [-0.39, 0.29) is 18.4 Å². The van der Waals surface area contributed by atoms with Gasteiger partial charge in [0, 0.05) is 0 Å². The minimum atomic E-state index is -0.512. The number of ketones is 1.